The first-order valence-electron chi connectivity index (χ1n) is 8.04. The van der Waals surface area contributed by atoms with Gasteiger partial charge < -0.3 is 5.32 Å². The van der Waals surface area contributed by atoms with Crippen LogP contribution in [0.1, 0.15) is 50.5 Å². The van der Waals surface area contributed by atoms with E-state index in [0.717, 1.165) is 37.0 Å². The first-order valence-corrected chi connectivity index (χ1v) is 8.04. The predicted octanol–water partition coefficient (Wildman–Crippen LogP) is 2.28. The van der Waals surface area contributed by atoms with Gasteiger partial charge in [-0.15, -0.1) is 0 Å². The lowest BCUT2D eigenvalue weighted by Crippen LogP contribution is -2.55. The number of fused-ring (bicyclic) bond motifs is 2. The maximum Gasteiger partial charge on any atom is 0.125 e. The molecule has 2 bridgehead atoms. The molecule has 0 spiro atoms. The summed E-state index contributed by atoms with van der Waals surface area (Å²) in [5.41, 5.74) is 1.18. The fraction of sp³-hybridized carbons (Fsp3) is 0.750. The Labute approximate surface area is 122 Å². The minimum atomic E-state index is 0.721. The molecule has 2 aliphatic heterocycles. The van der Waals surface area contributed by atoms with Gasteiger partial charge in [-0.25, -0.2) is 9.97 Å². The second-order valence-electron chi connectivity index (χ2n) is 6.23. The van der Waals surface area contributed by atoms with E-state index in [1.54, 1.807) is 0 Å². The van der Waals surface area contributed by atoms with E-state index in [-0.39, 0.29) is 0 Å². The van der Waals surface area contributed by atoms with Crippen LogP contribution in [-0.4, -0.2) is 39.5 Å². The first kappa shape index (κ1) is 14.0. The largest absolute Gasteiger partial charge is 0.314 e. The van der Waals surface area contributed by atoms with Crippen molar-refractivity contribution in [3.8, 4) is 0 Å². The highest BCUT2D eigenvalue weighted by Gasteiger charge is 2.37. The van der Waals surface area contributed by atoms with Gasteiger partial charge in [0.05, 0.1) is 5.69 Å². The van der Waals surface area contributed by atoms with Gasteiger partial charge in [0.15, 0.2) is 0 Å². The molecule has 2 atom stereocenters. The molecule has 20 heavy (non-hydrogen) atoms. The second-order valence-corrected chi connectivity index (χ2v) is 6.23. The Kier molecular flexibility index (Phi) is 4.32. The molecule has 0 amide bonds. The van der Waals surface area contributed by atoms with Crippen LogP contribution in [0.3, 0.4) is 0 Å². The molecule has 0 aliphatic carbocycles. The van der Waals surface area contributed by atoms with Crippen LogP contribution in [0.4, 0.5) is 0 Å². The van der Waals surface area contributed by atoms with Crippen molar-refractivity contribution in [2.75, 3.05) is 6.54 Å². The van der Waals surface area contributed by atoms with Crippen LogP contribution in [0.15, 0.2) is 12.3 Å². The van der Waals surface area contributed by atoms with Gasteiger partial charge >= 0.3 is 0 Å². The zero-order valence-corrected chi connectivity index (χ0v) is 12.7. The summed E-state index contributed by atoms with van der Waals surface area (Å²) in [4.78, 5) is 11.5. The van der Waals surface area contributed by atoms with Crippen molar-refractivity contribution >= 4 is 0 Å². The van der Waals surface area contributed by atoms with Crippen molar-refractivity contribution in [2.45, 2.75) is 70.6 Å². The molecule has 1 aromatic rings. The minimum absolute atomic E-state index is 0.721. The van der Waals surface area contributed by atoms with Gasteiger partial charge in [0.2, 0.25) is 0 Å². The third-order valence-electron chi connectivity index (χ3n) is 4.80. The van der Waals surface area contributed by atoms with Crippen molar-refractivity contribution < 1.29 is 0 Å². The Hall–Kier alpha value is -1.00. The number of piperidine rings is 2. The molecule has 110 valence electrons. The van der Waals surface area contributed by atoms with Crippen LogP contribution >= 0.6 is 0 Å². The third kappa shape index (κ3) is 3.01. The number of aromatic nitrogens is 2. The topological polar surface area (TPSA) is 41.0 Å². The molecule has 3 rings (SSSR count). The van der Waals surface area contributed by atoms with E-state index >= 15 is 0 Å². The Morgan fingerprint density at radius 3 is 2.70 bits per heavy atom. The molecular formula is C16H26N4. The molecule has 0 aromatic carbocycles. The van der Waals surface area contributed by atoms with Crippen LogP contribution < -0.4 is 5.32 Å². The van der Waals surface area contributed by atoms with Crippen molar-refractivity contribution in [1.82, 2.24) is 20.2 Å². The number of nitrogens with zero attached hydrogens (tertiary/aromatic N) is 3. The maximum absolute atomic E-state index is 4.58. The van der Waals surface area contributed by atoms with Crippen molar-refractivity contribution in [1.29, 1.82) is 0 Å². The summed E-state index contributed by atoms with van der Waals surface area (Å²) in [6, 6.07) is 4.27. The average molecular weight is 274 g/mol. The molecule has 2 unspecified atom stereocenters. The zero-order chi connectivity index (χ0) is 13.9. The standard InChI is InChI=1S/C16H26N4/c1-3-17-14-9-15-5-4-6-16(10-14)20(15)11-13-7-8-18-12(2)19-13/h7-8,14-17H,3-6,9-11H2,1-2H3. The molecule has 4 nitrogen and oxygen atoms in total. The molecule has 3 heterocycles. The zero-order valence-electron chi connectivity index (χ0n) is 12.7. The third-order valence-corrected chi connectivity index (χ3v) is 4.80. The van der Waals surface area contributed by atoms with Crippen LogP contribution in [0.5, 0.6) is 0 Å². The predicted molar refractivity (Wildman–Crippen MR) is 80.4 cm³/mol. The van der Waals surface area contributed by atoms with Gasteiger partial charge in [-0.2, -0.15) is 0 Å². The summed E-state index contributed by atoms with van der Waals surface area (Å²) >= 11 is 0. The van der Waals surface area contributed by atoms with Crippen LogP contribution in [0.2, 0.25) is 0 Å². The maximum atomic E-state index is 4.58. The van der Waals surface area contributed by atoms with Crippen LogP contribution in [0, 0.1) is 6.92 Å². The fourth-order valence-electron chi connectivity index (χ4n) is 3.97. The molecule has 4 heteroatoms. The lowest BCUT2D eigenvalue weighted by atomic mass is 9.81. The Bertz CT molecular complexity index is 434. The molecule has 2 fully saturated rings. The summed E-state index contributed by atoms with van der Waals surface area (Å²) in [5.74, 6) is 0.884. The molecule has 1 aromatic heterocycles. The number of hydrogen-bond donors (Lipinski definition) is 1. The van der Waals surface area contributed by atoms with E-state index in [9.17, 15) is 0 Å². The normalized spacial score (nSPS) is 30.4. The Morgan fingerprint density at radius 2 is 2.05 bits per heavy atom. The van der Waals surface area contributed by atoms with Gasteiger partial charge in [-0.1, -0.05) is 13.3 Å². The monoisotopic (exact) mass is 274 g/mol. The molecule has 0 radical (unpaired) electrons. The second kappa shape index (κ2) is 6.19. The molecular weight excluding hydrogens is 248 g/mol. The number of hydrogen-bond acceptors (Lipinski definition) is 4. The van der Waals surface area contributed by atoms with E-state index < -0.39 is 0 Å². The Morgan fingerprint density at radius 1 is 1.30 bits per heavy atom. The van der Waals surface area contributed by atoms with E-state index in [4.69, 9.17) is 0 Å². The summed E-state index contributed by atoms with van der Waals surface area (Å²) in [6.45, 7) is 6.28. The van der Waals surface area contributed by atoms with E-state index in [2.05, 4.69) is 33.2 Å². The number of nitrogens with one attached hydrogen (secondary N) is 1. The fourth-order valence-corrected chi connectivity index (χ4v) is 3.97. The average Bonchev–Trinajstić information content (AvgIpc) is 2.40. The van der Waals surface area contributed by atoms with Crippen molar-refractivity contribution in [3.05, 3.63) is 23.8 Å². The van der Waals surface area contributed by atoms with Gasteiger partial charge in [0, 0.05) is 30.9 Å². The van der Waals surface area contributed by atoms with Crippen molar-refractivity contribution in [2.24, 2.45) is 0 Å². The highest BCUT2D eigenvalue weighted by atomic mass is 15.2. The van der Waals surface area contributed by atoms with Crippen LogP contribution in [0.25, 0.3) is 0 Å². The van der Waals surface area contributed by atoms with E-state index in [0.29, 0.717) is 0 Å². The quantitative estimate of drug-likeness (QED) is 0.914. The van der Waals surface area contributed by atoms with Gasteiger partial charge in [0.1, 0.15) is 5.82 Å². The van der Waals surface area contributed by atoms with E-state index in [1.165, 1.54) is 37.8 Å². The first-order chi connectivity index (χ1) is 9.76. The Balaban J connectivity index is 1.70. The van der Waals surface area contributed by atoms with Gasteiger partial charge in [-0.05, 0) is 45.2 Å². The minimum Gasteiger partial charge on any atom is -0.314 e. The van der Waals surface area contributed by atoms with Crippen molar-refractivity contribution in [3.63, 3.8) is 0 Å². The number of rotatable bonds is 4. The SMILES string of the molecule is CCNC1CC2CCCC(C1)N2Cc1ccnc(C)n1. The summed E-state index contributed by atoms with van der Waals surface area (Å²) < 4.78 is 0. The lowest BCUT2D eigenvalue weighted by Gasteiger charge is -2.49. The van der Waals surface area contributed by atoms with E-state index in [1.807, 2.05) is 13.1 Å². The highest BCUT2D eigenvalue weighted by molar-refractivity contribution is 5.04. The number of aryl methyl sites for hydroxylation is 1. The summed E-state index contributed by atoms with van der Waals surface area (Å²) in [6.07, 6.45) is 8.58. The smallest absolute Gasteiger partial charge is 0.125 e. The molecule has 0 saturated carbocycles. The lowest BCUT2D eigenvalue weighted by molar-refractivity contribution is 0.0170. The highest BCUT2D eigenvalue weighted by Crippen LogP contribution is 2.34. The summed E-state index contributed by atoms with van der Waals surface area (Å²) in [7, 11) is 0. The van der Waals surface area contributed by atoms with Gasteiger partial charge in [0.25, 0.3) is 0 Å². The summed E-state index contributed by atoms with van der Waals surface area (Å²) in [5, 5.41) is 3.65. The van der Waals surface area contributed by atoms with Crippen LogP contribution in [-0.2, 0) is 6.54 Å². The molecule has 2 aliphatic rings. The molecule has 2 saturated heterocycles. The van der Waals surface area contributed by atoms with Gasteiger partial charge in [-0.3, -0.25) is 4.90 Å². The molecule has 1 N–H and O–H groups in total.